The van der Waals surface area contributed by atoms with Crippen molar-refractivity contribution in [2.45, 2.75) is 0 Å². The minimum Gasteiger partial charge on any atom is -0.496 e. The highest BCUT2D eigenvalue weighted by molar-refractivity contribution is 5.76. The van der Waals surface area contributed by atoms with E-state index in [9.17, 15) is 0 Å². The van der Waals surface area contributed by atoms with E-state index in [1.807, 2.05) is 0 Å². The largest absolute Gasteiger partial charge is 0.496 e. The first-order valence-electron chi connectivity index (χ1n) is 5.55. The summed E-state index contributed by atoms with van der Waals surface area (Å²) in [5, 5.41) is 17.7. The lowest BCUT2D eigenvalue weighted by Gasteiger charge is -2.17. The Morgan fingerprint density at radius 1 is 0.900 bits per heavy atom. The van der Waals surface area contributed by atoms with Gasteiger partial charge in [-0.1, -0.05) is 0 Å². The van der Waals surface area contributed by atoms with E-state index in [-0.39, 0.29) is 5.57 Å². The van der Waals surface area contributed by atoms with Gasteiger partial charge in [-0.05, 0) is 6.08 Å². The van der Waals surface area contributed by atoms with Crippen molar-refractivity contribution in [2.24, 2.45) is 0 Å². The Morgan fingerprint density at radius 3 is 1.85 bits per heavy atom. The molecule has 0 aliphatic carbocycles. The Balaban J connectivity index is 3.69. The van der Waals surface area contributed by atoms with Crippen LogP contribution < -0.4 is 18.9 Å². The molecule has 0 heterocycles. The molecule has 20 heavy (non-hydrogen) atoms. The van der Waals surface area contributed by atoms with Crippen molar-refractivity contribution in [1.29, 1.82) is 10.5 Å². The van der Waals surface area contributed by atoms with Crippen molar-refractivity contribution < 1.29 is 18.9 Å². The topological polar surface area (TPSA) is 84.5 Å². The first kappa shape index (κ1) is 15.2. The molecule has 1 aromatic carbocycles. The second-order valence-corrected chi connectivity index (χ2v) is 3.54. The molecule has 0 aliphatic rings. The third kappa shape index (κ3) is 2.76. The van der Waals surface area contributed by atoms with Crippen LogP contribution in [0.4, 0.5) is 0 Å². The van der Waals surface area contributed by atoms with Crippen LogP contribution in [0.2, 0.25) is 0 Å². The van der Waals surface area contributed by atoms with Gasteiger partial charge in [0.25, 0.3) is 0 Å². The number of allylic oxidation sites excluding steroid dienone is 1. The van der Waals surface area contributed by atoms with Crippen LogP contribution in [0.25, 0.3) is 6.08 Å². The fourth-order valence-electron chi connectivity index (χ4n) is 1.70. The molecule has 1 aromatic rings. The number of nitrogens with zero attached hydrogens (tertiary/aromatic N) is 2. The second kappa shape index (κ2) is 6.91. The summed E-state index contributed by atoms with van der Waals surface area (Å²) in [5.41, 5.74) is 0.361. The summed E-state index contributed by atoms with van der Waals surface area (Å²) in [6.07, 6.45) is 1.37. The highest BCUT2D eigenvalue weighted by atomic mass is 16.5. The second-order valence-electron chi connectivity index (χ2n) is 3.54. The molecule has 1 rings (SSSR count). The molecule has 0 spiro atoms. The van der Waals surface area contributed by atoms with Gasteiger partial charge in [-0.3, -0.25) is 0 Å². The fraction of sp³-hybridized carbons (Fsp3) is 0.286. The first-order chi connectivity index (χ1) is 9.66. The highest BCUT2D eigenvalue weighted by Crippen LogP contribution is 2.45. The molecule has 0 amide bonds. The molecule has 0 aliphatic heterocycles. The van der Waals surface area contributed by atoms with Crippen LogP contribution in [0.15, 0.2) is 11.6 Å². The summed E-state index contributed by atoms with van der Waals surface area (Å²) in [7, 11) is 5.88. The molecule has 0 radical (unpaired) electrons. The Morgan fingerprint density at radius 2 is 1.45 bits per heavy atom. The summed E-state index contributed by atoms with van der Waals surface area (Å²) in [5.74, 6) is 1.51. The average molecular weight is 274 g/mol. The minimum atomic E-state index is -0.0752. The molecule has 0 N–H and O–H groups in total. The number of benzene rings is 1. The fourth-order valence-corrected chi connectivity index (χ4v) is 1.70. The maximum absolute atomic E-state index is 8.86. The molecule has 6 heteroatoms. The molecule has 0 saturated heterocycles. The molecule has 0 saturated carbocycles. The third-order valence-corrected chi connectivity index (χ3v) is 2.58. The molecular weight excluding hydrogens is 260 g/mol. The van der Waals surface area contributed by atoms with Gasteiger partial charge in [0.1, 0.15) is 23.5 Å². The average Bonchev–Trinajstić information content (AvgIpc) is 2.50. The van der Waals surface area contributed by atoms with Crippen LogP contribution in [0, 0.1) is 22.7 Å². The van der Waals surface area contributed by atoms with Gasteiger partial charge in [0.2, 0.25) is 5.75 Å². The number of nitriles is 2. The van der Waals surface area contributed by atoms with Gasteiger partial charge >= 0.3 is 0 Å². The van der Waals surface area contributed by atoms with Crippen molar-refractivity contribution in [3.8, 4) is 35.1 Å². The number of ether oxygens (including phenoxy) is 4. The van der Waals surface area contributed by atoms with Crippen LogP contribution in [-0.4, -0.2) is 28.4 Å². The zero-order chi connectivity index (χ0) is 15.1. The molecule has 0 bridgehead atoms. The molecule has 6 nitrogen and oxygen atoms in total. The SMILES string of the molecule is COc1cc(OC)c(OC)c(OC)c1C=C(C#N)C#N. The van der Waals surface area contributed by atoms with E-state index in [2.05, 4.69) is 0 Å². The highest BCUT2D eigenvalue weighted by Gasteiger charge is 2.20. The van der Waals surface area contributed by atoms with Crippen molar-refractivity contribution >= 4 is 6.08 Å². The van der Waals surface area contributed by atoms with Gasteiger partial charge in [0, 0.05) is 6.07 Å². The van der Waals surface area contributed by atoms with Crippen LogP contribution in [0.3, 0.4) is 0 Å². The monoisotopic (exact) mass is 274 g/mol. The number of rotatable bonds is 5. The zero-order valence-corrected chi connectivity index (χ0v) is 11.7. The van der Waals surface area contributed by atoms with E-state index in [4.69, 9.17) is 29.5 Å². The lowest BCUT2D eigenvalue weighted by atomic mass is 10.1. The molecule has 0 aromatic heterocycles. The van der Waals surface area contributed by atoms with Crippen LogP contribution >= 0.6 is 0 Å². The number of hydrogen-bond acceptors (Lipinski definition) is 6. The summed E-state index contributed by atoms with van der Waals surface area (Å²) in [6, 6.07) is 5.17. The maximum Gasteiger partial charge on any atom is 0.204 e. The number of methoxy groups -OCH3 is 4. The zero-order valence-electron chi connectivity index (χ0n) is 11.7. The molecular formula is C14H14N2O4. The molecule has 104 valence electrons. The van der Waals surface area contributed by atoms with Gasteiger partial charge in [-0.15, -0.1) is 0 Å². The molecule has 0 atom stereocenters. The van der Waals surface area contributed by atoms with Gasteiger partial charge in [0.15, 0.2) is 11.5 Å². The van der Waals surface area contributed by atoms with Crippen molar-refractivity contribution in [2.75, 3.05) is 28.4 Å². The lowest BCUT2D eigenvalue weighted by molar-refractivity contribution is 0.318. The predicted molar refractivity (Wildman–Crippen MR) is 71.9 cm³/mol. The lowest BCUT2D eigenvalue weighted by Crippen LogP contribution is -1.99. The van der Waals surface area contributed by atoms with Gasteiger partial charge < -0.3 is 18.9 Å². The molecule has 0 fully saturated rings. The predicted octanol–water partition coefficient (Wildman–Crippen LogP) is 2.15. The summed E-state index contributed by atoms with van der Waals surface area (Å²) in [6.45, 7) is 0. The summed E-state index contributed by atoms with van der Waals surface area (Å²) >= 11 is 0. The summed E-state index contributed by atoms with van der Waals surface area (Å²) < 4.78 is 21.0. The van der Waals surface area contributed by atoms with E-state index < -0.39 is 0 Å². The quantitative estimate of drug-likeness (QED) is 0.765. The normalized spacial score (nSPS) is 8.90. The Bertz CT molecular complexity index is 593. The minimum absolute atomic E-state index is 0.0752. The maximum atomic E-state index is 8.86. The standard InChI is InChI=1S/C14H14N2O4/c1-17-11-6-12(18-2)14(20-4)13(19-3)10(11)5-9(7-15)8-16/h5-6H,1-4H3. The Labute approximate surface area is 117 Å². The van der Waals surface area contributed by atoms with Crippen molar-refractivity contribution in [3.63, 3.8) is 0 Å². The van der Waals surface area contributed by atoms with E-state index in [0.717, 1.165) is 0 Å². The number of hydrogen-bond donors (Lipinski definition) is 0. The van der Waals surface area contributed by atoms with Gasteiger partial charge in [-0.2, -0.15) is 10.5 Å². The Hall–Kier alpha value is -2.86. The third-order valence-electron chi connectivity index (χ3n) is 2.58. The van der Waals surface area contributed by atoms with E-state index in [1.54, 1.807) is 18.2 Å². The Kier molecular flexibility index (Phi) is 5.25. The van der Waals surface area contributed by atoms with E-state index >= 15 is 0 Å². The first-order valence-corrected chi connectivity index (χ1v) is 5.55. The summed E-state index contributed by atoms with van der Waals surface area (Å²) in [4.78, 5) is 0. The van der Waals surface area contributed by atoms with Gasteiger partial charge in [0.05, 0.1) is 34.0 Å². The van der Waals surface area contributed by atoms with Crippen LogP contribution in [-0.2, 0) is 0 Å². The van der Waals surface area contributed by atoms with Gasteiger partial charge in [-0.25, -0.2) is 0 Å². The smallest absolute Gasteiger partial charge is 0.204 e. The van der Waals surface area contributed by atoms with Crippen LogP contribution in [0.1, 0.15) is 5.56 Å². The van der Waals surface area contributed by atoms with E-state index in [1.165, 1.54) is 34.5 Å². The molecule has 0 unspecified atom stereocenters. The van der Waals surface area contributed by atoms with E-state index in [0.29, 0.717) is 28.6 Å². The van der Waals surface area contributed by atoms with Crippen LogP contribution in [0.5, 0.6) is 23.0 Å². The van der Waals surface area contributed by atoms with Crippen molar-refractivity contribution in [3.05, 3.63) is 17.2 Å². The van der Waals surface area contributed by atoms with Crippen molar-refractivity contribution in [1.82, 2.24) is 0 Å².